The quantitative estimate of drug-likeness (QED) is 0.806. The fourth-order valence-corrected chi connectivity index (χ4v) is 2.75. The van der Waals surface area contributed by atoms with Crippen molar-refractivity contribution in [3.05, 3.63) is 0 Å². The van der Waals surface area contributed by atoms with Crippen molar-refractivity contribution < 1.29 is 14.7 Å². The lowest BCUT2D eigenvalue weighted by atomic mass is 9.89. The van der Waals surface area contributed by atoms with Crippen LogP contribution >= 0.6 is 0 Å². The Morgan fingerprint density at radius 2 is 1.84 bits per heavy atom. The number of aliphatic carboxylic acids is 1. The summed E-state index contributed by atoms with van der Waals surface area (Å²) < 4.78 is 0. The van der Waals surface area contributed by atoms with Gasteiger partial charge < -0.3 is 14.9 Å². The van der Waals surface area contributed by atoms with E-state index in [0.29, 0.717) is 12.5 Å². The molecule has 0 spiro atoms. The Morgan fingerprint density at radius 3 is 2.37 bits per heavy atom. The highest BCUT2D eigenvalue weighted by Crippen LogP contribution is 2.24. The second-order valence-electron chi connectivity index (χ2n) is 5.48. The number of carbonyl (C=O) groups excluding carboxylic acids is 1. The molecule has 110 valence electrons. The van der Waals surface area contributed by atoms with Crippen molar-refractivity contribution in [3.8, 4) is 0 Å². The largest absolute Gasteiger partial charge is 0.480 e. The first-order valence-electron chi connectivity index (χ1n) is 7.26. The van der Waals surface area contributed by atoms with Gasteiger partial charge in [0.15, 0.2) is 0 Å². The van der Waals surface area contributed by atoms with Gasteiger partial charge in [-0.15, -0.1) is 0 Å². The number of urea groups is 1. The standard InChI is InChI=1S/C14H26N2O3/c1-3-9-16(11-13(17)18)14(19)15(2)10-12-7-5-4-6-8-12/h12H,3-11H2,1-2H3,(H,17,18). The predicted octanol–water partition coefficient (Wildman–Crippen LogP) is 2.42. The Bertz CT molecular complexity index is 301. The molecule has 1 aliphatic carbocycles. The zero-order valence-electron chi connectivity index (χ0n) is 12.1. The molecule has 1 fully saturated rings. The molecule has 5 heteroatoms. The van der Waals surface area contributed by atoms with Crippen LogP contribution < -0.4 is 0 Å². The molecule has 0 bridgehead atoms. The number of carbonyl (C=O) groups is 2. The minimum Gasteiger partial charge on any atom is -0.480 e. The average Bonchev–Trinajstić information content (AvgIpc) is 2.38. The molecule has 0 aromatic rings. The lowest BCUT2D eigenvalue weighted by Gasteiger charge is -2.31. The Labute approximate surface area is 115 Å². The second kappa shape index (κ2) is 8.02. The molecular formula is C14H26N2O3. The molecule has 2 amide bonds. The summed E-state index contributed by atoms with van der Waals surface area (Å²) in [4.78, 5) is 26.1. The van der Waals surface area contributed by atoms with Crippen LogP contribution in [0, 0.1) is 5.92 Å². The molecule has 0 saturated heterocycles. The average molecular weight is 270 g/mol. The minimum absolute atomic E-state index is 0.158. The summed E-state index contributed by atoms with van der Waals surface area (Å²) in [5.74, 6) is -0.371. The minimum atomic E-state index is -0.951. The van der Waals surface area contributed by atoms with Gasteiger partial charge in [0, 0.05) is 20.1 Å². The van der Waals surface area contributed by atoms with Crippen molar-refractivity contribution in [2.45, 2.75) is 45.4 Å². The fourth-order valence-electron chi connectivity index (χ4n) is 2.75. The SMILES string of the molecule is CCCN(CC(=O)O)C(=O)N(C)CC1CCCCC1. The molecule has 0 atom stereocenters. The van der Waals surface area contributed by atoms with Gasteiger partial charge in [0.25, 0.3) is 0 Å². The van der Waals surface area contributed by atoms with Crippen LogP contribution in [0.15, 0.2) is 0 Å². The Kier molecular flexibility index (Phi) is 6.67. The van der Waals surface area contributed by atoms with E-state index in [-0.39, 0.29) is 12.6 Å². The number of amides is 2. The summed E-state index contributed by atoms with van der Waals surface area (Å²) >= 11 is 0. The summed E-state index contributed by atoms with van der Waals surface area (Å²) in [6.07, 6.45) is 6.95. The topological polar surface area (TPSA) is 60.9 Å². The lowest BCUT2D eigenvalue weighted by Crippen LogP contribution is -2.45. The molecule has 0 aromatic carbocycles. The van der Waals surface area contributed by atoms with Gasteiger partial charge in [-0.3, -0.25) is 4.79 Å². The molecule has 0 heterocycles. The van der Waals surface area contributed by atoms with Gasteiger partial charge in [-0.05, 0) is 25.2 Å². The molecule has 1 aliphatic rings. The maximum Gasteiger partial charge on any atom is 0.323 e. The summed E-state index contributed by atoms with van der Waals surface area (Å²) in [5.41, 5.74) is 0. The van der Waals surface area contributed by atoms with Crippen molar-refractivity contribution in [2.24, 2.45) is 5.92 Å². The van der Waals surface area contributed by atoms with Crippen LogP contribution in [0.1, 0.15) is 45.4 Å². The fraction of sp³-hybridized carbons (Fsp3) is 0.857. The molecule has 0 aromatic heterocycles. The van der Waals surface area contributed by atoms with E-state index < -0.39 is 5.97 Å². The third kappa shape index (κ3) is 5.49. The molecule has 0 aliphatic heterocycles. The molecule has 19 heavy (non-hydrogen) atoms. The molecule has 5 nitrogen and oxygen atoms in total. The maximum absolute atomic E-state index is 12.2. The zero-order valence-corrected chi connectivity index (χ0v) is 12.1. The third-order valence-corrected chi connectivity index (χ3v) is 3.67. The van der Waals surface area contributed by atoms with E-state index in [1.807, 2.05) is 6.92 Å². The monoisotopic (exact) mass is 270 g/mol. The Balaban J connectivity index is 2.48. The molecule has 0 unspecified atom stereocenters. The van der Waals surface area contributed by atoms with Crippen molar-refractivity contribution >= 4 is 12.0 Å². The van der Waals surface area contributed by atoms with Crippen LogP contribution in [0.4, 0.5) is 4.79 Å². The smallest absolute Gasteiger partial charge is 0.323 e. The third-order valence-electron chi connectivity index (χ3n) is 3.67. The van der Waals surface area contributed by atoms with E-state index in [1.165, 1.54) is 37.0 Å². The van der Waals surface area contributed by atoms with E-state index in [4.69, 9.17) is 5.11 Å². The number of nitrogens with zero attached hydrogens (tertiary/aromatic N) is 2. The lowest BCUT2D eigenvalue weighted by molar-refractivity contribution is -0.137. The van der Waals surface area contributed by atoms with Crippen molar-refractivity contribution in [1.29, 1.82) is 0 Å². The first kappa shape index (κ1) is 15.8. The highest BCUT2D eigenvalue weighted by molar-refractivity contribution is 5.80. The van der Waals surface area contributed by atoms with E-state index in [9.17, 15) is 9.59 Å². The van der Waals surface area contributed by atoms with Gasteiger partial charge in [0.2, 0.25) is 0 Å². The molecular weight excluding hydrogens is 244 g/mol. The van der Waals surface area contributed by atoms with Gasteiger partial charge >= 0.3 is 12.0 Å². The van der Waals surface area contributed by atoms with Crippen LogP contribution in [-0.4, -0.2) is 53.6 Å². The summed E-state index contributed by atoms with van der Waals surface area (Å²) in [6.45, 7) is 2.99. The van der Waals surface area contributed by atoms with Crippen molar-refractivity contribution in [3.63, 3.8) is 0 Å². The van der Waals surface area contributed by atoms with Crippen molar-refractivity contribution in [1.82, 2.24) is 9.80 Å². The summed E-state index contributed by atoms with van der Waals surface area (Å²) in [7, 11) is 1.78. The maximum atomic E-state index is 12.2. The van der Waals surface area contributed by atoms with Crippen LogP contribution in [0.25, 0.3) is 0 Å². The highest BCUT2D eigenvalue weighted by atomic mass is 16.4. The van der Waals surface area contributed by atoms with Crippen LogP contribution in [0.2, 0.25) is 0 Å². The summed E-state index contributed by atoms with van der Waals surface area (Å²) in [5, 5.41) is 8.85. The van der Waals surface area contributed by atoms with Crippen LogP contribution in [-0.2, 0) is 4.79 Å². The van der Waals surface area contributed by atoms with Crippen LogP contribution in [0.3, 0.4) is 0 Å². The number of rotatable bonds is 6. The second-order valence-corrected chi connectivity index (χ2v) is 5.48. The molecule has 1 saturated carbocycles. The Hall–Kier alpha value is -1.26. The number of hydrogen-bond acceptors (Lipinski definition) is 2. The first-order valence-corrected chi connectivity index (χ1v) is 7.26. The van der Waals surface area contributed by atoms with Gasteiger partial charge in [-0.1, -0.05) is 26.2 Å². The molecule has 1 N–H and O–H groups in total. The van der Waals surface area contributed by atoms with Crippen LogP contribution in [0.5, 0.6) is 0 Å². The highest BCUT2D eigenvalue weighted by Gasteiger charge is 2.23. The summed E-state index contributed by atoms with van der Waals surface area (Å²) in [6, 6.07) is -0.158. The van der Waals surface area contributed by atoms with E-state index in [2.05, 4.69) is 0 Å². The zero-order chi connectivity index (χ0) is 14.3. The number of carboxylic acid groups (broad SMARTS) is 1. The van der Waals surface area contributed by atoms with Gasteiger partial charge in [0.1, 0.15) is 6.54 Å². The Morgan fingerprint density at radius 1 is 1.21 bits per heavy atom. The van der Waals surface area contributed by atoms with E-state index in [1.54, 1.807) is 11.9 Å². The van der Waals surface area contributed by atoms with Gasteiger partial charge in [0.05, 0.1) is 0 Å². The van der Waals surface area contributed by atoms with E-state index >= 15 is 0 Å². The number of hydrogen-bond donors (Lipinski definition) is 1. The molecule has 1 rings (SSSR count). The number of carboxylic acids is 1. The van der Waals surface area contributed by atoms with E-state index in [0.717, 1.165) is 13.0 Å². The first-order chi connectivity index (χ1) is 9.04. The molecule has 0 radical (unpaired) electrons. The predicted molar refractivity (Wildman–Crippen MR) is 74.1 cm³/mol. The normalized spacial score (nSPS) is 16.1. The van der Waals surface area contributed by atoms with Crippen molar-refractivity contribution in [2.75, 3.05) is 26.7 Å². The van der Waals surface area contributed by atoms with Gasteiger partial charge in [-0.25, -0.2) is 4.79 Å². The van der Waals surface area contributed by atoms with Gasteiger partial charge in [-0.2, -0.15) is 0 Å².